The maximum absolute atomic E-state index is 10.6. The summed E-state index contributed by atoms with van der Waals surface area (Å²) < 4.78 is 0. The van der Waals surface area contributed by atoms with Gasteiger partial charge in [0.2, 0.25) is 5.91 Å². The molecule has 48 valence electrons. The second-order valence-corrected chi connectivity index (χ2v) is 2.09. The Bertz CT molecular complexity index is 170. The molecule has 1 unspecified atom stereocenters. The van der Waals surface area contributed by atoms with Gasteiger partial charge in [0.15, 0.2) is 0 Å². The van der Waals surface area contributed by atoms with Crippen molar-refractivity contribution in [2.24, 2.45) is 5.92 Å². The molecule has 0 radical (unpaired) electrons. The summed E-state index contributed by atoms with van der Waals surface area (Å²) in [5.41, 5.74) is 0. The van der Waals surface area contributed by atoms with Crippen LogP contribution in [0.2, 0.25) is 0 Å². The Kier molecular flexibility index (Phi) is 1.68. The fourth-order valence-electron chi connectivity index (χ4n) is 0.633. The molecule has 2 heteroatoms. The third kappa shape index (κ3) is 1.72. The highest BCUT2D eigenvalue weighted by molar-refractivity contribution is 5.88. The molecule has 1 atom stereocenters. The van der Waals surface area contributed by atoms with Gasteiger partial charge in [-0.25, -0.2) is 0 Å². The van der Waals surface area contributed by atoms with Crippen LogP contribution in [0.5, 0.6) is 0 Å². The van der Waals surface area contributed by atoms with Gasteiger partial charge in [0.05, 0.1) is 0 Å². The molecule has 0 fully saturated rings. The molecular formula is C7H9NO. The number of nitrogens with one attached hydrogen (secondary N) is 1. The summed E-state index contributed by atoms with van der Waals surface area (Å²) in [6, 6.07) is 0. The molecule has 1 N–H and O–H groups in total. The third-order valence-corrected chi connectivity index (χ3v) is 1.18. The molecule has 0 aromatic heterocycles. The molecule has 0 bridgehead atoms. The fourth-order valence-corrected chi connectivity index (χ4v) is 0.633. The van der Waals surface area contributed by atoms with Crippen LogP contribution in [0, 0.1) is 5.92 Å². The summed E-state index contributed by atoms with van der Waals surface area (Å²) in [4.78, 5) is 10.6. The largest absolute Gasteiger partial charge is 0.329 e. The van der Waals surface area contributed by atoms with Crippen LogP contribution in [-0.4, -0.2) is 5.91 Å². The van der Waals surface area contributed by atoms with Crippen LogP contribution in [0.15, 0.2) is 24.4 Å². The first-order valence-electron chi connectivity index (χ1n) is 2.94. The van der Waals surface area contributed by atoms with Crippen LogP contribution in [0.1, 0.15) is 6.92 Å². The summed E-state index contributed by atoms with van der Waals surface area (Å²) in [5, 5.41) is 2.57. The van der Waals surface area contributed by atoms with Gasteiger partial charge in [-0.1, -0.05) is 19.1 Å². The highest BCUT2D eigenvalue weighted by atomic mass is 16.1. The van der Waals surface area contributed by atoms with E-state index in [9.17, 15) is 4.79 Å². The van der Waals surface area contributed by atoms with E-state index in [1.807, 2.05) is 19.1 Å². The SMILES string of the molecule is CC1C=CNC(=O)C=C1. The summed E-state index contributed by atoms with van der Waals surface area (Å²) in [6.07, 6.45) is 7.01. The number of hydrogen-bond acceptors (Lipinski definition) is 1. The quantitative estimate of drug-likeness (QED) is 0.507. The van der Waals surface area contributed by atoms with Gasteiger partial charge >= 0.3 is 0 Å². The molecule has 0 aliphatic carbocycles. The smallest absolute Gasteiger partial charge is 0.247 e. The Balaban J connectivity index is 2.68. The lowest BCUT2D eigenvalue weighted by Crippen LogP contribution is -2.11. The van der Waals surface area contributed by atoms with Gasteiger partial charge in [0.1, 0.15) is 0 Å². The molecule has 0 saturated heterocycles. The lowest BCUT2D eigenvalue weighted by Gasteiger charge is -1.89. The first kappa shape index (κ1) is 6.08. The first-order valence-corrected chi connectivity index (χ1v) is 2.94. The van der Waals surface area contributed by atoms with Crippen molar-refractivity contribution >= 4 is 5.91 Å². The monoisotopic (exact) mass is 123 g/mol. The number of rotatable bonds is 0. The Hall–Kier alpha value is -1.05. The van der Waals surface area contributed by atoms with Crippen molar-refractivity contribution in [2.45, 2.75) is 6.92 Å². The maximum Gasteiger partial charge on any atom is 0.247 e. The van der Waals surface area contributed by atoms with Gasteiger partial charge in [-0.15, -0.1) is 0 Å². The highest BCUT2D eigenvalue weighted by Crippen LogP contribution is 2.00. The van der Waals surface area contributed by atoms with E-state index in [1.54, 1.807) is 12.3 Å². The van der Waals surface area contributed by atoms with Crippen LogP contribution < -0.4 is 5.32 Å². The van der Waals surface area contributed by atoms with Gasteiger partial charge in [-0.05, 0) is 12.0 Å². The van der Waals surface area contributed by atoms with E-state index in [0.717, 1.165) is 0 Å². The van der Waals surface area contributed by atoms with E-state index in [4.69, 9.17) is 0 Å². The van der Waals surface area contributed by atoms with Crippen molar-refractivity contribution < 1.29 is 4.79 Å². The second kappa shape index (κ2) is 2.49. The molecule has 0 aromatic carbocycles. The molecule has 9 heavy (non-hydrogen) atoms. The number of carbonyl (C=O) groups is 1. The predicted octanol–water partition coefficient (Wildman–Crippen LogP) is 0.822. The number of amides is 1. The van der Waals surface area contributed by atoms with Gasteiger partial charge in [0.25, 0.3) is 0 Å². The van der Waals surface area contributed by atoms with E-state index < -0.39 is 0 Å². The van der Waals surface area contributed by atoms with Gasteiger partial charge < -0.3 is 5.32 Å². The number of allylic oxidation sites excluding steroid dienone is 2. The van der Waals surface area contributed by atoms with E-state index in [1.165, 1.54) is 0 Å². The van der Waals surface area contributed by atoms with Crippen molar-refractivity contribution in [3.8, 4) is 0 Å². The zero-order chi connectivity index (χ0) is 6.69. The lowest BCUT2D eigenvalue weighted by atomic mass is 10.2. The van der Waals surface area contributed by atoms with Crippen LogP contribution >= 0.6 is 0 Å². The van der Waals surface area contributed by atoms with Crippen LogP contribution in [0.25, 0.3) is 0 Å². The Morgan fingerprint density at radius 1 is 1.56 bits per heavy atom. The van der Waals surface area contributed by atoms with Crippen molar-refractivity contribution in [1.82, 2.24) is 5.32 Å². The molecule has 2 nitrogen and oxygen atoms in total. The first-order chi connectivity index (χ1) is 4.29. The molecule has 0 aromatic rings. The molecular weight excluding hydrogens is 114 g/mol. The molecule has 0 saturated carbocycles. The van der Waals surface area contributed by atoms with Crippen molar-refractivity contribution in [1.29, 1.82) is 0 Å². The van der Waals surface area contributed by atoms with Gasteiger partial charge in [-0.3, -0.25) is 4.79 Å². The third-order valence-electron chi connectivity index (χ3n) is 1.18. The molecule has 1 heterocycles. The van der Waals surface area contributed by atoms with Crippen LogP contribution in [-0.2, 0) is 4.79 Å². The Labute approximate surface area is 54.3 Å². The molecule has 1 aliphatic heterocycles. The Morgan fingerprint density at radius 3 is 3.11 bits per heavy atom. The van der Waals surface area contributed by atoms with E-state index in [0.29, 0.717) is 5.92 Å². The van der Waals surface area contributed by atoms with E-state index in [2.05, 4.69) is 5.32 Å². The summed E-state index contributed by atoms with van der Waals surface area (Å²) in [5.74, 6) is 0.319. The van der Waals surface area contributed by atoms with Crippen LogP contribution in [0.3, 0.4) is 0 Å². The van der Waals surface area contributed by atoms with Gasteiger partial charge in [0, 0.05) is 6.20 Å². The van der Waals surface area contributed by atoms with Crippen molar-refractivity contribution in [3.05, 3.63) is 24.4 Å². The average Bonchev–Trinajstić information content (AvgIpc) is 1.97. The number of carbonyl (C=O) groups excluding carboxylic acids is 1. The standard InChI is InChI=1S/C7H9NO/c1-6-2-3-7(9)8-5-4-6/h2-6H,1H3,(H,8,9). The molecule has 1 aliphatic rings. The van der Waals surface area contributed by atoms with E-state index in [-0.39, 0.29) is 5.91 Å². The van der Waals surface area contributed by atoms with Crippen molar-refractivity contribution in [3.63, 3.8) is 0 Å². The van der Waals surface area contributed by atoms with Crippen LogP contribution in [0.4, 0.5) is 0 Å². The molecule has 1 amide bonds. The van der Waals surface area contributed by atoms with Gasteiger partial charge in [-0.2, -0.15) is 0 Å². The average molecular weight is 123 g/mol. The minimum atomic E-state index is -0.0457. The predicted molar refractivity (Wildman–Crippen MR) is 35.6 cm³/mol. The van der Waals surface area contributed by atoms with E-state index >= 15 is 0 Å². The minimum Gasteiger partial charge on any atom is -0.329 e. The minimum absolute atomic E-state index is 0.0457. The topological polar surface area (TPSA) is 29.1 Å². The normalized spacial score (nSPS) is 25.4. The maximum atomic E-state index is 10.6. The highest BCUT2D eigenvalue weighted by Gasteiger charge is 1.97. The Morgan fingerprint density at radius 2 is 2.33 bits per heavy atom. The summed E-state index contributed by atoms with van der Waals surface area (Å²) in [7, 11) is 0. The summed E-state index contributed by atoms with van der Waals surface area (Å²) in [6.45, 7) is 2.02. The zero-order valence-corrected chi connectivity index (χ0v) is 5.29. The fraction of sp³-hybridized carbons (Fsp3) is 0.286. The second-order valence-electron chi connectivity index (χ2n) is 2.09. The summed E-state index contributed by atoms with van der Waals surface area (Å²) >= 11 is 0. The lowest BCUT2D eigenvalue weighted by molar-refractivity contribution is -0.115. The molecule has 1 rings (SSSR count). The zero-order valence-electron chi connectivity index (χ0n) is 5.29. The van der Waals surface area contributed by atoms with Crippen molar-refractivity contribution in [2.75, 3.05) is 0 Å². The molecule has 0 spiro atoms. The number of hydrogen-bond donors (Lipinski definition) is 1.